The molecule has 0 saturated carbocycles. The van der Waals surface area contributed by atoms with Gasteiger partial charge in [-0.15, -0.1) is 0 Å². The van der Waals surface area contributed by atoms with Crippen LogP contribution >= 0.6 is 0 Å². The van der Waals surface area contributed by atoms with Gasteiger partial charge in [-0.1, -0.05) is 48.5 Å². The van der Waals surface area contributed by atoms with Gasteiger partial charge in [-0.05, 0) is 49.8 Å². The van der Waals surface area contributed by atoms with E-state index in [0.717, 1.165) is 5.56 Å². The molecule has 0 amide bonds. The van der Waals surface area contributed by atoms with E-state index in [2.05, 4.69) is 10.1 Å². The Kier molecular flexibility index (Phi) is 12.6. The number of hydrogen-bond donors (Lipinski definition) is 2. The molecule has 0 spiro atoms. The summed E-state index contributed by atoms with van der Waals surface area (Å²) in [6, 6.07) is 17.8. The Labute approximate surface area is 237 Å². The maximum atomic E-state index is 12.9. The first-order chi connectivity index (χ1) is 19.2. The molecule has 0 aromatic heterocycles. The summed E-state index contributed by atoms with van der Waals surface area (Å²) < 4.78 is 42.0. The SMILES string of the molecule is COC(=O)C(O)C[C@@H]1CC[C@@H]([C@H](CCOCc2ccccc2)OC(C)=O)[C@@H](CCCS(=O)(=O)c2ccccc2)N1. The van der Waals surface area contributed by atoms with E-state index in [0.29, 0.717) is 45.3 Å². The predicted molar refractivity (Wildman–Crippen MR) is 150 cm³/mol. The van der Waals surface area contributed by atoms with Crippen LogP contribution in [-0.2, 0) is 40.2 Å². The number of carbonyl (C=O) groups excluding carboxylic acids is 2. The van der Waals surface area contributed by atoms with Crippen molar-refractivity contribution in [3.8, 4) is 0 Å². The van der Waals surface area contributed by atoms with Crippen LogP contribution in [-0.4, -0.2) is 69.2 Å². The Morgan fingerprint density at radius 1 is 1.05 bits per heavy atom. The van der Waals surface area contributed by atoms with Gasteiger partial charge in [-0.25, -0.2) is 13.2 Å². The largest absolute Gasteiger partial charge is 0.467 e. The molecule has 2 aromatic rings. The highest BCUT2D eigenvalue weighted by molar-refractivity contribution is 7.91. The number of rotatable bonds is 15. The van der Waals surface area contributed by atoms with E-state index >= 15 is 0 Å². The fourth-order valence-corrected chi connectivity index (χ4v) is 6.67. The molecule has 9 nitrogen and oxygen atoms in total. The number of aliphatic hydroxyl groups is 1. The lowest BCUT2D eigenvalue weighted by atomic mass is 9.79. The number of piperidine rings is 1. The van der Waals surface area contributed by atoms with Crippen molar-refractivity contribution in [2.24, 2.45) is 5.92 Å². The number of benzene rings is 2. The van der Waals surface area contributed by atoms with Gasteiger partial charge in [-0.2, -0.15) is 0 Å². The summed E-state index contributed by atoms with van der Waals surface area (Å²) >= 11 is 0. The first-order valence-corrected chi connectivity index (χ1v) is 15.4. The van der Waals surface area contributed by atoms with Gasteiger partial charge in [0.05, 0.1) is 31.0 Å². The van der Waals surface area contributed by atoms with Crippen molar-refractivity contribution < 1.29 is 37.3 Å². The predicted octanol–water partition coefficient (Wildman–Crippen LogP) is 3.44. The van der Waals surface area contributed by atoms with Crippen molar-refractivity contribution in [2.75, 3.05) is 19.5 Å². The van der Waals surface area contributed by atoms with E-state index in [1.54, 1.807) is 30.3 Å². The minimum Gasteiger partial charge on any atom is -0.467 e. The second kappa shape index (κ2) is 15.9. The monoisotopic (exact) mass is 575 g/mol. The summed E-state index contributed by atoms with van der Waals surface area (Å²) in [4.78, 5) is 24.1. The number of aliphatic hydroxyl groups excluding tert-OH is 1. The molecule has 10 heteroatoms. The van der Waals surface area contributed by atoms with Crippen molar-refractivity contribution in [1.82, 2.24) is 5.32 Å². The van der Waals surface area contributed by atoms with Crippen LogP contribution in [0.1, 0.15) is 51.0 Å². The van der Waals surface area contributed by atoms with Crippen LogP contribution in [0.4, 0.5) is 0 Å². The van der Waals surface area contributed by atoms with Crippen LogP contribution in [0, 0.1) is 5.92 Å². The van der Waals surface area contributed by atoms with Gasteiger partial charge in [0.1, 0.15) is 6.10 Å². The smallest absolute Gasteiger partial charge is 0.334 e. The number of hydrogen-bond acceptors (Lipinski definition) is 9. The normalized spacial score (nSPS) is 20.8. The van der Waals surface area contributed by atoms with Crippen molar-refractivity contribution in [1.29, 1.82) is 0 Å². The van der Waals surface area contributed by atoms with Gasteiger partial charge in [0.25, 0.3) is 0 Å². The summed E-state index contributed by atoms with van der Waals surface area (Å²) in [5.74, 6) is -1.19. The Balaban J connectivity index is 1.67. The fourth-order valence-electron chi connectivity index (χ4n) is 5.31. The Morgan fingerprint density at radius 3 is 2.38 bits per heavy atom. The minimum absolute atomic E-state index is 0.0181. The number of esters is 2. The zero-order valence-corrected chi connectivity index (χ0v) is 24.1. The summed E-state index contributed by atoms with van der Waals surface area (Å²) in [6.45, 7) is 2.22. The molecule has 0 aliphatic carbocycles. The lowest BCUT2D eigenvalue weighted by molar-refractivity contribution is -0.153. The molecule has 0 bridgehead atoms. The standard InChI is InChI=1S/C30H41NO8S/c1-22(32)39-29(17-18-38-21-23-10-5-3-6-11-23)26-16-15-24(20-28(33)30(34)37-2)31-27(26)14-9-19-40(35,36)25-12-7-4-8-13-25/h3-8,10-13,24,26-29,31,33H,9,14-21H2,1-2H3/t24-,26+,27+,28?,29-/m0/s1. The second-order valence-electron chi connectivity index (χ2n) is 10.2. The van der Waals surface area contributed by atoms with Gasteiger partial charge < -0.3 is 24.6 Å². The Hall–Kier alpha value is -2.79. The van der Waals surface area contributed by atoms with E-state index in [4.69, 9.17) is 9.47 Å². The second-order valence-corrected chi connectivity index (χ2v) is 12.3. The van der Waals surface area contributed by atoms with Crippen molar-refractivity contribution in [3.05, 3.63) is 66.2 Å². The van der Waals surface area contributed by atoms with Crippen LogP contribution in [0.15, 0.2) is 65.6 Å². The van der Waals surface area contributed by atoms with Crippen molar-refractivity contribution >= 4 is 21.8 Å². The summed E-state index contributed by atoms with van der Waals surface area (Å²) in [5, 5.41) is 13.7. The molecule has 1 unspecified atom stereocenters. The zero-order chi connectivity index (χ0) is 29.0. The van der Waals surface area contributed by atoms with Gasteiger partial charge >= 0.3 is 11.9 Å². The van der Waals surface area contributed by atoms with Crippen LogP contribution in [0.25, 0.3) is 0 Å². The average molecular weight is 576 g/mol. The van der Waals surface area contributed by atoms with E-state index < -0.39 is 28.0 Å². The molecule has 0 radical (unpaired) electrons. The molecule has 5 atom stereocenters. The molecule has 1 aliphatic heterocycles. The topological polar surface area (TPSA) is 128 Å². The molecule has 1 aliphatic rings. The van der Waals surface area contributed by atoms with Gasteiger partial charge in [0.2, 0.25) is 0 Å². The number of carbonyl (C=O) groups is 2. The molecule has 1 heterocycles. The van der Waals surface area contributed by atoms with E-state index in [-0.39, 0.29) is 41.0 Å². The molecule has 3 rings (SSSR count). The summed E-state index contributed by atoms with van der Waals surface area (Å²) in [6.07, 6.45) is 1.23. The quantitative estimate of drug-likeness (QED) is 0.242. The highest BCUT2D eigenvalue weighted by atomic mass is 32.2. The van der Waals surface area contributed by atoms with Crippen molar-refractivity contribution in [3.63, 3.8) is 0 Å². The third-order valence-corrected chi connectivity index (χ3v) is 9.10. The van der Waals surface area contributed by atoms with Gasteiger partial charge in [0, 0.05) is 31.3 Å². The number of ether oxygens (including phenoxy) is 3. The number of methoxy groups -OCH3 is 1. The number of nitrogens with one attached hydrogen (secondary N) is 1. The zero-order valence-electron chi connectivity index (χ0n) is 23.2. The third-order valence-electron chi connectivity index (χ3n) is 7.28. The molecule has 1 saturated heterocycles. The fraction of sp³-hybridized carbons (Fsp3) is 0.533. The maximum absolute atomic E-state index is 12.9. The van der Waals surface area contributed by atoms with Crippen LogP contribution in [0.3, 0.4) is 0 Å². The highest BCUT2D eigenvalue weighted by Crippen LogP contribution is 2.31. The van der Waals surface area contributed by atoms with Crippen LogP contribution in [0.2, 0.25) is 0 Å². The molecule has 2 N–H and O–H groups in total. The van der Waals surface area contributed by atoms with Crippen molar-refractivity contribution in [2.45, 2.75) is 81.2 Å². The summed E-state index contributed by atoms with van der Waals surface area (Å²) in [7, 11) is -2.21. The van der Waals surface area contributed by atoms with Gasteiger partial charge in [0.15, 0.2) is 15.9 Å². The molecule has 1 fully saturated rings. The molecular formula is C30H41NO8S. The van der Waals surface area contributed by atoms with Crippen LogP contribution < -0.4 is 5.32 Å². The maximum Gasteiger partial charge on any atom is 0.334 e. The van der Waals surface area contributed by atoms with E-state index in [1.165, 1.54) is 14.0 Å². The first-order valence-electron chi connectivity index (χ1n) is 13.8. The van der Waals surface area contributed by atoms with E-state index in [1.807, 2.05) is 30.3 Å². The molecular weight excluding hydrogens is 534 g/mol. The molecule has 40 heavy (non-hydrogen) atoms. The number of sulfone groups is 1. The highest BCUT2D eigenvalue weighted by Gasteiger charge is 2.37. The molecule has 220 valence electrons. The Bertz CT molecular complexity index is 1160. The Morgan fingerprint density at radius 2 is 1.73 bits per heavy atom. The third kappa shape index (κ3) is 9.99. The lowest BCUT2D eigenvalue weighted by Gasteiger charge is -2.41. The lowest BCUT2D eigenvalue weighted by Crippen LogP contribution is -2.53. The first kappa shape index (κ1) is 31.7. The minimum atomic E-state index is -3.44. The average Bonchev–Trinajstić information content (AvgIpc) is 2.95. The van der Waals surface area contributed by atoms with E-state index in [9.17, 15) is 23.1 Å². The van der Waals surface area contributed by atoms with Crippen LogP contribution in [0.5, 0.6) is 0 Å². The summed E-state index contributed by atoms with van der Waals surface area (Å²) in [5.41, 5.74) is 1.05. The molecule has 2 aromatic carbocycles. The van der Waals surface area contributed by atoms with Gasteiger partial charge in [-0.3, -0.25) is 4.79 Å².